The second-order valence-electron chi connectivity index (χ2n) is 4.56. The lowest BCUT2D eigenvalue weighted by Crippen LogP contribution is -2.42. The zero-order chi connectivity index (χ0) is 13.9. The van der Waals surface area contributed by atoms with Crippen molar-refractivity contribution >= 4 is 0 Å². The van der Waals surface area contributed by atoms with Crippen LogP contribution in [0.15, 0.2) is 24.3 Å². The highest BCUT2D eigenvalue weighted by Crippen LogP contribution is 2.35. The van der Waals surface area contributed by atoms with Gasteiger partial charge in [-0.15, -0.1) is 0 Å². The first-order valence-electron chi connectivity index (χ1n) is 6.14. The fourth-order valence-corrected chi connectivity index (χ4v) is 2.21. The van der Waals surface area contributed by atoms with Crippen molar-refractivity contribution in [3.63, 3.8) is 0 Å². The van der Waals surface area contributed by atoms with Crippen molar-refractivity contribution in [1.82, 2.24) is 5.32 Å². The number of morpholine rings is 1. The van der Waals surface area contributed by atoms with Gasteiger partial charge in [-0.2, -0.15) is 13.2 Å². The molecule has 0 aliphatic carbocycles. The van der Waals surface area contributed by atoms with Gasteiger partial charge in [0.2, 0.25) is 0 Å². The van der Waals surface area contributed by atoms with E-state index < -0.39 is 17.8 Å². The lowest BCUT2D eigenvalue weighted by molar-refractivity contribution is -0.139. The Kier molecular flexibility index (Phi) is 4.44. The molecule has 106 valence electrons. The minimum absolute atomic E-state index is 0.0811. The van der Waals surface area contributed by atoms with Crippen LogP contribution in [0.4, 0.5) is 13.2 Å². The van der Waals surface area contributed by atoms with Crippen molar-refractivity contribution in [1.29, 1.82) is 0 Å². The van der Waals surface area contributed by atoms with E-state index in [0.717, 1.165) is 6.07 Å². The number of nitrogens with one attached hydrogen (secondary N) is 1. The molecule has 0 amide bonds. The number of aliphatic hydroxyl groups excluding tert-OH is 1. The third-order valence-corrected chi connectivity index (χ3v) is 3.13. The number of aliphatic hydroxyl groups is 1. The van der Waals surface area contributed by atoms with Gasteiger partial charge in [-0.1, -0.05) is 18.2 Å². The van der Waals surface area contributed by atoms with Crippen molar-refractivity contribution in [3.05, 3.63) is 35.4 Å². The largest absolute Gasteiger partial charge is 0.416 e. The molecule has 19 heavy (non-hydrogen) atoms. The lowest BCUT2D eigenvalue weighted by atomic mass is 9.97. The average molecular weight is 275 g/mol. The Morgan fingerprint density at radius 3 is 2.74 bits per heavy atom. The summed E-state index contributed by atoms with van der Waals surface area (Å²) in [6.45, 7) is 1.65. The standard InChI is InChI=1S/C13H16F3NO2/c14-13(15,16)11-4-2-1-3-10(11)12(18)7-9-8-19-6-5-17-9/h1-4,9,12,17-18H,5-8H2. The zero-order valence-corrected chi connectivity index (χ0v) is 10.3. The molecule has 1 heterocycles. The molecule has 1 aromatic rings. The Morgan fingerprint density at radius 2 is 2.11 bits per heavy atom. The minimum Gasteiger partial charge on any atom is -0.388 e. The highest BCUT2D eigenvalue weighted by atomic mass is 19.4. The molecule has 1 saturated heterocycles. The van der Waals surface area contributed by atoms with Crippen molar-refractivity contribution in [2.75, 3.05) is 19.8 Å². The minimum atomic E-state index is -4.45. The number of alkyl halides is 3. The summed E-state index contributed by atoms with van der Waals surface area (Å²) in [4.78, 5) is 0. The van der Waals surface area contributed by atoms with Crippen LogP contribution in [0, 0.1) is 0 Å². The first-order chi connectivity index (χ1) is 8.98. The van der Waals surface area contributed by atoms with E-state index >= 15 is 0 Å². The smallest absolute Gasteiger partial charge is 0.388 e. The Morgan fingerprint density at radius 1 is 1.37 bits per heavy atom. The van der Waals surface area contributed by atoms with Crippen LogP contribution < -0.4 is 5.32 Å². The number of halogens is 3. The normalized spacial score (nSPS) is 22.2. The summed E-state index contributed by atoms with van der Waals surface area (Å²) < 4.78 is 43.7. The third kappa shape index (κ3) is 3.68. The van der Waals surface area contributed by atoms with E-state index in [4.69, 9.17) is 4.74 Å². The molecular weight excluding hydrogens is 259 g/mol. The average Bonchev–Trinajstić information content (AvgIpc) is 2.39. The van der Waals surface area contributed by atoms with Crippen molar-refractivity contribution in [2.24, 2.45) is 0 Å². The summed E-state index contributed by atoms with van der Waals surface area (Å²) in [6.07, 6.45) is -5.40. The van der Waals surface area contributed by atoms with E-state index in [-0.39, 0.29) is 18.0 Å². The van der Waals surface area contributed by atoms with Crippen LogP contribution in [0.2, 0.25) is 0 Å². The Hall–Kier alpha value is -1.11. The summed E-state index contributed by atoms with van der Waals surface area (Å²) in [5.74, 6) is 0. The van der Waals surface area contributed by atoms with Crippen LogP contribution in [0.3, 0.4) is 0 Å². The summed E-state index contributed by atoms with van der Waals surface area (Å²) in [7, 11) is 0. The van der Waals surface area contributed by atoms with E-state index in [1.54, 1.807) is 0 Å². The molecule has 2 unspecified atom stereocenters. The van der Waals surface area contributed by atoms with Crippen LogP contribution >= 0.6 is 0 Å². The molecule has 2 rings (SSSR count). The van der Waals surface area contributed by atoms with Gasteiger partial charge in [-0.05, 0) is 18.1 Å². The second-order valence-corrected chi connectivity index (χ2v) is 4.56. The van der Waals surface area contributed by atoms with Gasteiger partial charge >= 0.3 is 6.18 Å². The molecule has 1 aliphatic rings. The fourth-order valence-electron chi connectivity index (χ4n) is 2.21. The molecule has 1 aromatic carbocycles. The first-order valence-corrected chi connectivity index (χ1v) is 6.14. The molecule has 0 bridgehead atoms. The van der Waals surface area contributed by atoms with Crippen molar-refractivity contribution in [2.45, 2.75) is 24.7 Å². The lowest BCUT2D eigenvalue weighted by Gasteiger charge is -2.26. The molecule has 0 saturated carbocycles. The quantitative estimate of drug-likeness (QED) is 0.888. The predicted molar refractivity (Wildman–Crippen MR) is 63.6 cm³/mol. The SMILES string of the molecule is OC(CC1COCCN1)c1ccccc1C(F)(F)F. The monoisotopic (exact) mass is 275 g/mol. The highest BCUT2D eigenvalue weighted by Gasteiger charge is 2.35. The number of benzene rings is 1. The molecule has 2 atom stereocenters. The van der Waals surface area contributed by atoms with Gasteiger partial charge in [-0.25, -0.2) is 0 Å². The summed E-state index contributed by atoms with van der Waals surface area (Å²) in [6, 6.07) is 5.00. The second kappa shape index (κ2) is 5.90. The maximum atomic E-state index is 12.8. The molecule has 1 fully saturated rings. The highest BCUT2D eigenvalue weighted by molar-refractivity contribution is 5.31. The van der Waals surface area contributed by atoms with Crippen molar-refractivity contribution in [3.8, 4) is 0 Å². The number of hydrogen-bond donors (Lipinski definition) is 2. The van der Waals surface area contributed by atoms with Gasteiger partial charge in [0, 0.05) is 12.6 Å². The van der Waals surface area contributed by atoms with Gasteiger partial charge in [0.15, 0.2) is 0 Å². The molecule has 6 heteroatoms. The fraction of sp³-hybridized carbons (Fsp3) is 0.538. The van der Waals surface area contributed by atoms with E-state index in [2.05, 4.69) is 5.32 Å². The summed E-state index contributed by atoms with van der Waals surface area (Å²) in [5, 5.41) is 13.1. The summed E-state index contributed by atoms with van der Waals surface area (Å²) >= 11 is 0. The molecule has 3 nitrogen and oxygen atoms in total. The number of rotatable bonds is 3. The van der Waals surface area contributed by atoms with Gasteiger partial charge < -0.3 is 15.2 Å². The maximum absolute atomic E-state index is 12.8. The van der Waals surface area contributed by atoms with Crippen LogP contribution in [0.5, 0.6) is 0 Å². The van der Waals surface area contributed by atoms with E-state index in [9.17, 15) is 18.3 Å². The van der Waals surface area contributed by atoms with Gasteiger partial charge in [0.05, 0.1) is 24.9 Å². The van der Waals surface area contributed by atoms with E-state index in [1.807, 2.05) is 0 Å². The van der Waals surface area contributed by atoms with E-state index in [0.29, 0.717) is 19.8 Å². The molecule has 1 aliphatic heterocycles. The molecule has 0 spiro atoms. The molecular formula is C13H16F3NO2. The van der Waals surface area contributed by atoms with Gasteiger partial charge in [0.1, 0.15) is 0 Å². The summed E-state index contributed by atoms with van der Waals surface area (Å²) in [5.41, 5.74) is -0.860. The zero-order valence-electron chi connectivity index (χ0n) is 10.3. The third-order valence-electron chi connectivity index (χ3n) is 3.13. The van der Waals surface area contributed by atoms with Crippen molar-refractivity contribution < 1.29 is 23.0 Å². The van der Waals surface area contributed by atoms with Crippen LogP contribution in [0.25, 0.3) is 0 Å². The first kappa shape index (κ1) is 14.3. The number of hydrogen-bond acceptors (Lipinski definition) is 3. The molecule has 2 N–H and O–H groups in total. The van der Waals surface area contributed by atoms with Crippen LogP contribution in [-0.2, 0) is 10.9 Å². The Labute approximate surface area is 109 Å². The van der Waals surface area contributed by atoms with Gasteiger partial charge in [-0.3, -0.25) is 0 Å². The Bertz CT molecular complexity index is 417. The van der Waals surface area contributed by atoms with Crippen LogP contribution in [0.1, 0.15) is 23.7 Å². The van der Waals surface area contributed by atoms with Crippen LogP contribution in [-0.4, -0.2) is 30.9 Å². The molecule has 0 aromatic heterocycles. The van der Waals surface area contributed by atoms with Gasteiger partial charge in [0.25, 0.3) is 0 Å². The van der Waals surface area contributed by atoms with E-state index in [1.165, 1.54) is 18.2 Å². The molecule has 0 radical (unpaired) electrons. The topological polar surface area (TPSA) is 41.5 Å². The Balaban J connectivity index is 2.12. The number of ether oxygens (including phenoxy) is 1. The maximum Gasteiger partial charge on any atom is 0.416 e. The predicted octanol–water partition coefficient (Wildman–Crippen LogP) is 2.12.